The number of ether oxygens (including phenoxy) is 1. The number of methoxy groups -OCH3 is 1. The second-order valence-electron chi connectivity index (χ2n) is 4.56. The molecule has 0 aliphatic rings. The minimum atomic E-state index is -1.05. The molecule has 0 saturated heterocycles. The highest BCUT2D eigenvalue weighted by molar-refractivity contribution is 5.45. The maximum Gasteiger partial charge on any atom is 0.126 e. The number of nitrogens with two attached hydrogens (primary N) is 1. The third-order valence-electron chi connectivity index (χ3n) is 3.13. The van der Waals surface area contributed by atoms with Crippen LogP contribution in [-0.2, 0) is 5.54 Å². The summed E-state index contributed by atoms with van der Waals surface area (Å²) >= 11 is 0. The Kier molecular flexibility index (Phi) is 3.53. The van der Waals surface area contributed by atoms with Gasteiger partial charge in [0.05, 0.1) is 12.6 Å². The lowest BCUT2D eigenvalue weighted by molar-refractivity contribution is 0.398. The second-order valence-corrected chi connectivity index (χ2v) is 4.56. The molecule has 100 valence electrons. The van der Waals surface area contributed by atoms with Crippen molar-refractivity contribution in [2.24, 2.45) is 5.73 Å². The molecule has 0 heterocycles. The van der Waals surface area contributed by atoms with Crippen LogP contribution >= 0.6 is 0 Å². The lowest BCUT2D eigenvalue weighted by atomic mass is 9.85. The minimum Gasteiger partial charge on any atom is -0.496 e. The molecular formula is C15H15F2NO. The van der Waals surface area contributed by atoms with Crippen LogP contribution in [0.1, 0.15) is 18.1 Å². The lowest BCUT2D eigenvalue weighted by Gasteiger charge is -2.27. The molecule has 0 aliphatic heterocycles. The molecule has 0 amide bonds. The van der Waals surface area contributed by atoms with E-state index in [1.54, 1.807) is 25.1 Å². The molecule has 2 N–H and O–H groups in total. The average molecular weight is 263 g/mol. The molecule has 0 bridgehead atoms. The van der Waals surface area contributed by atoms with Gasteiger partial charge in [0, 0.05) is 11.6 Å². The summed E-state index contributed by atoms with van der Waals surface area (Å²) in [5, 5.41) is 0. The molecule has 0 fully saturated rings. The van der Waals surface area contributed by atoms with Gasteiger partial charge in [-0.1, -0.05) is 18.2 Å². The van der Waals surface area contributed by atoms with Crippen LogP contribution in [0.4, 0.5) is 8.78 Å². The second kappa shape index (κ2) is 4.97. The third-order valence-corrected chi connectivity index (χ3v) is 3.13. The monoisotopic (exact) mass is 263 g/mol. The molecule has 4 heteroatoms. The quantitative estimate of drug-likeness (QED) is 0.923. The van der Waals surface area contributed by atoms with E-state index in [-0.39, 0.29) is 0 Å². The van der Waals surface area contributed by atoms with Gasteiger partial charge in [-0.2, -0.15) is 0 Å². The third kappa shape index (κ3) is 2.58. The molecule has 1 unspecified atom stereocenters. The molecule has 2 rings (SSSR count). The molecule has 2 nitrogen and oxygen atoms in total. The van der Waals surface area contributed by atoms with E-state index in [1.807, 2.05) is 6.07 Å². The molecule has 0 aromatic heterocycles. The van der Waals surface area contributed by atoms with Crippen molar-refractivity contribution in [2.45, 2.75) is 12.5 Å². The van der Waals surface area contributed by atoms with Crippen LogP contribution < -0.4 is 10.5 Å². The zero-order chi connectivity index (χ0) is 14.0. The number of hydrogen-bond donors (Lipinski definition) is 1. The van der Waals surface area contributed by atoms with Gasteiger partial charge in [-0.25, -0.2) is 8.78 Å². The smallest absolute Gasteiger partial charge is 0.126 e. The first-order chi connectivity index (χ1) is 8.95. The zero-order valence-electron chi connectivity index (χ0n) is 10.8. The van der Waals surface area contributed by atoms with Crippen LogP contribution in [0.3, 0.4) is 0 Å². The van der Waals surface area contributed by atoms with Gasteiger partial charge < -0.3 is 10.5 Å². The van der Waals surface area contributed by atoms with Crippen LogP contribution in [0.2, 0.25) is 0 Å². The van der Waals surface area contributed by atoms with Crippen molar-refractivity contribution in [1.82, 2.24) is 0 Å². The van der Waals surface area contributed by atoms with Gasteiger partial charge in [0.15, 0.2) is 0 Å². The summed E-state index contributed by atoms with van der Waals surface area (Å²) in [6, 6.07) is 10.4. The molecule has 2 aromatic rings. The maximum atomic E-state index is 13.3. The average Bonchev–Trinajstić information content (AvgIpc) is 2.37. The fraction of sp³-hybridized carbons (Fsp3) is 0.200. The highest BCUT2D eigenvalue weighted by Crippen LogP contribution is 2.33. The van der Waals surface area contributed by atoms with Crippen LogP contribution in [0.15, 0.2) is 42.5 Å². The first kappa shape index (κ1) is 13.5. The van der Waals surface area contributed by atoms with Crippen molar-refractivity contribution < 1.29 is 13.5 Å². The summed E-state index contributed by atoms with van der Waals surface area (Å²) in [6.07, 6.45) is 0. The van der Waals surface area contributed by atoms with Gasteiger partial charge in [-0.3, -0.25) is 0 Å². The molecule has 0 aliphatic carbocycles. The summed E-state index contributed by atoms with van der Waals surface area (Å²) in [7, 11) is 1.53. The molecule has 0 radical (unpaired) electrons. The Bertz CT molecular complexity index is 576. The van der Waals surface area contributed by atoms with E-state index in [0.717, 1.165) is 6.07 Å². The Morgan fingerprint density at radius 2 is 1.63 bits per heavy atom. The van der Waals surface area contributed by atoms with Crippen LogP contribution in [-0.4, -0.2) is 7.11 Å². The number of hydrogen-bond acceptors (Lipinski definition) is 2. The Morgan fingerprint density at radius 3 is 2.21 bits per heavy atom. The molecule has 0 spiro atoms. The van der Waals surface area contributed by atoms with E-state index in [2.05, 4.69) is 0 Å². The topological polar surface area (TPSA) is 35.2 Å². The van der Waals surface area contributed by atoms with Gasteiger partial charge in [0.25, 0.3) is 0 Å². The van der Waals surface area contributed by atoms with Gasteiger partial charge in [0.1, 0.15) is 17.4 Å². The zero-order valence-corrected chi connectivity index (χ0v) is 10.8. The fourth-order valence-corrected chi connectivity index (χ4v) is 2.08. The van der Waals surface area contributed by atoms with E-state index in [9.17, 15) is 8.78 Å². The highest BCUT2D eigenvalue weighted by Gasteiger charge is 2.28. The SMILES string of the molecule is COc1ccccc1C(C)(N)c1cc(F)cc(F)c1. The van der Waals surface area contributed by atoms with E-state index >= 15 is 0 Å². The Labute approximate surface area is 110 Å². The largest absolute Gasteiger partial charge is 0.496 e. The molecule has 1 atom stereocenters. The molecule has 19 heavy (non-hydrogen) atoms. The normalized spacial score (nSPS) is 13.9. The predicted octanol–water partition coefficient (Wildman–Crippen LogP) is 3.20. The van der Waals surface area contributed by atoms with E-state index in [1.165, 1.54) is 19.2 Å². The van der Waals surface area contributed by atoms with Crippen molar-refractivity contribution in [3.05, 3.63) is 65.2 Å². The number of rotatable bonds is 3. The predicted molar refractivity (Wildman–Crippen MR) is 70.0 cm³/mol. The van der Waals surface area contributed by atoms with E-state index in [4.69, 9.17) is 10.5 Å². The van der Waals surface area contributed by atoms with Gasteiger partial charge >= 0.3 is 0 Å². The standard InChI is InChI=1S/C15H15F2NO/c1-15(18,10-7-11(16)9-12(17)8-10)13-5-3-4-6-14(13)19-2/h3-9H,18H2,1-2H3. The summed E-state index contributed by atoms with van der Waals surface area (Å²) in [5.41, 5.74) is 6.24. The van der Waals surface area contributed by atoms with Crippen molar-refractivity contribution in [3.63, 3.8) is 0 Å². The summed E-state index contributed by atoms with van der Waals surface area (Å²) in [6.45, 7) is 1.69. The minimum absolute atomic E-state index is 0.356. The van der Waals surface area contributed by atoms with Gasteiger partial charge in [-0.15, -0.1) is 0 Å². The van der Waals surface area contributed by atoms with Crippen molar-refractivity contribution in [2.75, 3.05) is 7.11 Å². The number of halogens is 2. The molecule has 0 saturated carbocycles. The first-order valence-corrected chi connectivity index (χ1v) is 5.84. The highest BCUT2D eigenvalue weighted by atomic mass is 19.1. The van der Waals surface area contributed by atoms with Crippen molar-refractivity contribution in [3.8, 4) is 5.75 Å². The number of para-hydroxylation sites is 1. The van der Waals surface area contributed by atoms with E-state index in [0.29, 0.717) is 16.9 Å². The number of benzene rings is 2. The van der Waals surface area contributed by atoms with Crippen molar-refractivity contribution >= 4 is 0 Å². The Morgan fingerprint density at radius 1 is 1.05 bits per heavy atom. The van der Waals surface area contributed by atoms with Crippen LogP contribution in [0, 0.1) is 11.6 Å². The summed E-state index contributed by atoms with van der Waals surface area (Å²) in [4.78, 5) is 0. The maximum absolute atomic E-state index is 13.3. The summed E-state index contributed by atoms with van der Waals surface area (Å²) < 4.78 is 31.9. The van der Waals surface area contributed by atoms with Crippen LogP contribution in [0.5, 0.6) is 5.75 Å². The van der Waals surface area contributed by atoms with E-state index < -0.39 is 17.2 Å². The van der Waals surface area contributed by atoms with Gasteiger partial charge in [0.2, 0.25) is 0 Å². The molecular weight excluding hydrogens is 248 g/mol. The first-order valence-electron chi connectivity index (χ1n) is 5.84. The van der Waals surface area contributed by atoms with Crippen LogP contribution in [0.25, 0.3) is 0 Å². The molecule has 2 aromatic carbocycles. The lowest BCUT2D eigenvalue weighted by Crippen LogP contribution is -2.35. The van der Waals surface area contributed by atoms with Gasteiger partial charge in [-0.05, 0) is 30.7 Å². The van der Waals surface area contributed by atoms with Crippen molar-refractivity contribution in [1.29, 1.82) is 0 Å². The fourth-order valence-electron chi connectivity index (χ4n) is 2.08. The Hall–Kier alpha value is -1.94. The summed E-state index contributed by atoms with van der Waals surface area (Å²) in [5.74, 6) is -0.722. The Balaban J connectivity index is 2.57.